The third kappa shape index (κ3) is 6.01. The molecule has 1 amide bonds. The smallest absolute Gasteiger partial charge is 0.410 e. The number of hydrogen-bond donors (Lipinski definition) is 1. The molecule has 1 atom stereocenters. The molecule has 1 unspecified atom stereocenters. The summed E-state index contributed by atoms with van der Waals surface area (Å²) in [5.74, 6) is -0.515. The van der Waals surface area contributed by atoms with Gasteiger partial charge in [-0.1, -0.05) is 0 Å². The minimum atomic E-state index is -0.515. The van der Waals surface area contributed by atoms with Crippen molar-refractivity contribution in [2.75, 3.05) is 26.2 Å². The molecule has 0 radical (unpaired) electrons. The van der Waals surface area contributed by atoms with E-state index < -0.39 is 11.4 Å². The van der Waals surface area contributed by atoms with Gasteiger partial charge in [-0.3, -0.25) is 9.89 Å². The normalized spacial score (nSPS) is 20.0. The lowest BCUT2D eigenvalue weighted by molar-refractivity contribution is 0.0115. The number of amides is 1. The first-order chi connectivity index (χ1) is 10.1. The van der Waals surface area contributed by atoms with E-state index in [-0.39, 0.29) is 18.0 Å². The van der Waals surface area contributed by atoms with Gasteiger partial charge >= 0.3 is 6.09 Å². The second-order valence-electron chi connectivity index (χ2n) is 6.44. The Balaban J connectivity index is 2.48. The average Bonchev–Trinajstić information content (AvgIpc) is 2.42. The summed E-state index contributed by atoms with van der Waals surface area (Å²) in [6.45, 7) is 11.4. The SMILES string of the molecule is C/C(N)=C(\F)C=NC(C)N1CCN(C(=O)OC(C)(C)C)CC1. The quantitative estimate of drug-likeness (QED) is 0.810. The van der Waals surface area contributed by atoms with E-state index in [2.05, 4.69) is 9.89 Å². The molecule has 0 bridgehead atoms. The van der Waals surface area contributed by atoms with Gasteiger partial charge in [0.05, 0.1) is 12.4 Å². The molecule has 1 fully saturated rings. The number of nitrogens with zero attached hydrogens (tertiary/aromatic N) is 3. The van der Waals surface area contributed by atoms with Crippen molar-refractivity contribution in [2.24, 2.45) is 10.7 Å². The summed E-state index contributed by atoms with van der Waals surface area (Å²) in [4.78, 5) is 19.9. The first kappa shape index (κ1) is 18.4. The molecule has 7 heteroatoms. The van der Waals surface area contributed by atoms with E-state index in [9.17, 15) is 9.18 Å². The molecule has 0 saturated carbocycles. The van der Waals surface area contributed by atoms with Crippen LogP contribution in [0.3, 0.4) is 0 Å². The third-order valence-corrected chi connectivity index (χ3v) is 3.27. The molecule has 1 rings (SSSR count). The van der Waals surface area contributed by atoms with E-state index in [1.165, 1.54) is 6.92 Å². The van der Waals surface area contributed by atoms with Crippen LogP contribution in [0, 0.1) is 0 Å². The van der Waals surface area contributed by atoms with Gasteiger partial charge in [-0.25, -0.2) is 9.18 Å². The summed E-state index contributed by atoms with van der Waals surface area (Å²) in [5.41, 5.74) is 4.97. The highest BCUT2D eigenvalue weighted by molar-refractivity contribution is 5.76. The number of nitrogens with two attached hydrogens (primary N) is 1. The molecule has 22 heavy (non-hydrogen) atoms. The van der Waals surface area contributed by atoms with E-state index in [4.69, 9.17) is 10.5 Å². The van der Waals surface area contributed by atoms with Crippen LogP contribution >= 0.6 is 0 Å². The third-order valence-electron chi connectivity index (χ3n) is 3.27. The first-order valence-electron chi connectivity index (χ1n) is 7.47. The number of rotatable bonds is 3. The first-order valence-corrected chi connectivity index (χ1v) is 7.47. The van der Waals surface area contributed by atoms with E-state index >= 15 is 0 Å². The lowest BCUT2D eigenvalue weighted by atomic mass is 10.2. The number of halogens is 1. The van der Waals surface area contributed by atoms with Crippen LogP contribution in [-0.4, -0.2) is 60.1 Å². The van der Waals surface area contributed by atoms with Gasteiger partial charge in [0.2, 0.25) is 0 Å². The van der Waals surface area contributed by atoms with Crippen LogP contribution in [0.4, 0.5) is 9.18 Å². The summed E-state index contributed by atoms with van der Waals surface area (Å²) in [6, 6.07) is 0. The molecular formula is C15H27FN4O2. The van der Waals surface area contributed by atoms with Crippen molar-refractivity contribution in [1.82, 2.24) is 9.80 Å². The predicted octanol–water partition coefficient (Wildman–Crippen LogP) is 2.12. The molecule has 0 aromatic heterocycles. The average molecular weight is 314 g/mol. The maximum Gasteiger partial charge on any atom is 0.410 e. The van der Waals surface area contributed by atoms with Crippen molar-refractivity contribution in [3.8, 4) is 0 Å². The number of carbonyl (C=O) groups excluding carboxylic acids is 1. The minimum Gasteiger partial charge on any atom is -0.444 e. The Hall–Kier alpha value is -1.63. The Morgan fingerprint density at radius 3 is 2.32 bits per heavy atom. The van der Waals surface area contributed by atoms with E-state index in [1.807, 2.05) is 27.7 Å². The summed E-state index contributed by atoms with van der Waals surface area (Å²) < 4.78 is 18.6. The number of aliphatic imine (C=N–C) groups is 1. The Morgan fingerprint density at radius 1 is 1.32 bits per heavy atom. The van der Waals surface area contributed by atoms with Crippen molar-refractivity contribution in [1.29, 1.82) is 0 Å². The number of piperazine rings is 1. The highest BCUT2D eigenvalue weighted by Gasteiger charge is 2.27. The molecule has 1 aliphatic rings. The van der Waals surface area contributed by atoms with Crippen molar-refractivity contribution < 1.29 is 13.9 Å². The van der Waals surface area contributed by atoms with Crippen LogP contribution in [0.5, 0.6) is 0 Å². The molecule has 0 aromatic rings. The van der Waals surface area contributed by atoms with Gasteiger partial charge in [0, 0.05) is 31.9 Å². The van der Waals surface area contributed by atoms with E-state index in [0.717, 1.165) is 6.21 Å². The highest BCUT2D eigenvalue weighted by Crippen LogP contribution is 2.13. The van der Waals surface area contributed by atoms with Crippen molar-refractivity contribution in [2.45, 2.75) is 46.4 Å². The Morgan fingerprint density at radius 2 is 1.86 bits per heavy atom. The molecule has 126 valence electrons. The van der Waals surface area contributed by atoms with Crippen LogP contribution < -0.4 is 5.73 Å². The van der Waals surface area contributed by atoms with Gasteiger partial charge in [0.25, 0.3) is 0 Å². The molecular weight excluding hydrogens is 287 g/mol. The minimum absolute atomic E-state index is 0.116. The van der Waals surface area contributed by atoms with Gasteiger partial charge in [-0.15, -0.1) is 0 Å². The van der Waals surface area contributed by atoms with Gasteiger partial charge in [0.15, 0.2) is 5.83 Å². The molecule has 1 aliphatic heterocycles. The second kappa shape index (κ2) is 7.58. The molecule has 2 N–H and O–H groups in total. The second-order valence-corrected chi connectivity index (χ2v) is 6.44. The van der Waals surface area contributed by atoms with Crippen LogP contribution in [-0.2, 0) is 4.74 Å². The van der Waals surface area contributed by atoms with E-state index in [0.29, 0.717) is 26.2 Å². The molecule has 0 spiro atoms. The Bertz CT molecular complexity index is 445. The molecule has 0 aromatic carbocycles. The van der Waals surface area contributed by atoms with Crippen LogP contribution in [0.1, 0.15) is 34.6 Å². The lowest BCUT2D eigenvalue weighted by Crippen LogP contribution is -2.52. The lowest BCUT2D eigenvalue weighted by Gasteiger charge is -2.37. The summed E-state index contributed by atoms with van der Waals surface area (Å²) in [5, 5.41) is 0. The van der Waals surface area contributed by atoms with E-state index in [1.54, 1.807) is 4.90 Å². The van der Waals surface area contributed by atoms with Crippen molar-refractivity contribution >= 4 is 12.3 Å². The topological polar surface area (TPSA) is 71.2 Å². The summed E-state index contributed by atoms with van der Waals surface area (Å²) >= 11 is 0. The van der Waals surface area contributed by atoms with Crippen LogP contribution in [0.15, 0.2) is 16.5 Å². The molecule has 6 nitrogen and oxygen atoms in total. The molecule has 0 aliphatic carbocycles. The fourth-order valence-corrected chi connectivity index (χ4v) is 1.97. The monoisotopic (exact) mass is 314 g/mol. The fourth-order valence-electron chi connectivity index (χ4n) is 1.97. The van der Waals surface area contributed by atoms with Gasteiger partial charge in [-0.2, -0.15) is 0 Å². The zero-order valence-corrected chi connectivity index (χ0v) is 14.1. The molecule has 1 saturated heterocycles. The standard InChI is InChI=1S/C15H27FN4O2/c1-11(17)13(16)10-18-12(2)19-6-8-20(9-7-19)14(21)22-15(3,4)5/h10,12H,6-9,17H2,1-5H3/b13-11+,18-10?. The predicted molar refractivity (Wildman–Crippen MR) is 85.3 cm³/mol. The number of allylic oxidation sites excluding steroid dienone is 2. The summed E-state index contributed by atoms with van der Waals surface area (Å²) in [7, 11) is 0. The van der Waals surface area contributed by atoms with Gasteiger partial charge in [-0.05, 0) is 34.6 Å². The largest absolute Gasteiger partial charge is 0.444 e. The maximum atomic E-state index is 13.3. The van der Waals surface area contributed by atoms with Gasteiger partial charge in [0.1, 0.15) is 5.60 Å². The fraction of sp³-hybridized carbons (Fsp3) is 0.733. The number of carbonyl (C=O) groups is 1. The number of hydrogen-bond acceptors (Lipinski definition) is 5. The van der Waals surface area contributed by atoms with Crippen LogP contribution in [0.25, 0.3) is 0 Å². The highest BCUT2D eigenvalue weighted by atomic mass is 19.1. The summed E-state index contributed by atoms with van der Waals surface area (Å²) in [6.07, 6.45) is 0.696. The Labute approximate surface area is 131 Å². The van der Waals surface area contributed by atoms with Crippen molar-refractivity contribution in [3.63, 3.8) is 0 Å². The zero-order chi connectivity index (χ0) is 16.9. The van der Waals surface area contributed by atoms with Crippen LogP contribution in [0.2, 0.25) is 0 Å². The van der Waals surface area contributed by atoms with Gasteiger partial charge < -0.3 is 15.4 Å². The maximum absolute atomic E-state index is 13.3. The zero-order valence-electron chi connectivity index (χ0n) is 14.1. The number of ether oxygens (including phenoxy) is 1. The van der Waals surface area contributed by atoms with Crippen molar-refractivity contribution in [3.05, 3.63) is 11.5 Å². The molecule has 1 heterocycles. The Kier molecular flexibility index (Phi) is 6.34.